The zero-order valence-corrected chi connectivity index (χ0v) is 16.0. The molecule has 2 N–H and O–H groups in total. The lowest BCUT2D eigenvalue weighted by atomic mass is 10.1. The second kappa shape index (κ2) is 8.92. The summed E-state index contributed by atoms with van der Waals surface area (Å²) in [6.07, 6.45) is 0. The highest BCUT2D eigenvalue weighted by Crippen LogP contribution is 2.29. The molecule has 2 amide bonds. The van der Waals surface area contributed by atoms with Crippen LogP contribution in [-0.2, 0) is 9.59 Å². The predicted octanol–water partition coefficient (Wildman–Crippen LogP) is 4.19. The zero-order valence-electron chi connectivity index (χ0n) is 14.4. The average molecular weight is 377 g/mol. The molecule has 0 radical (unpaired) electrons. The van der Waals surface area contributed by atoms with Crippen molar-refractivity contribution in [1.82, 2.24) is 5.32 Å². The van der Waals surface area contributed by atoms with Crippen LogP contribution in [0.25, 0.3) is 0 Å². The molecule has 2 aromatic rings. The standard InChI is InChI=1S/C19H21ClN2O2S/c1-12-7-6-8-13(2)18(12)22-17(23)11-21-19(24)14(3)25-16-10-5-4-9-15(16)20/h4-10,14H,11H2,1-3H3,(H,21,24)(H,22,23)/t14-/m0/s1. The number of hydrogen-bond donors (Lipinski definition) is 2. The number of benzene rings is 2. The Morgan fingerprint density at radius 3 is 2.36 bits per heavy atom. The van der Waals surface area contributed by atoms with E-state index in [1.807, 2.05) is 50.2 Å². The van der Waals surface area contributed by atoms with Gasteiger partial charge in [-0.05, 0) is 44.0 Å². The maximum atomic E-state index is 12.2. The molecule has 0 aliphatic heterocycles. The summed E-state index contributed by atoms with van der Waals surface area (Å²) in [5, 5.41) is 5.77. The van der Waals surface area contributed by atoms with Crippen LogP contribution in [0.3, 0.4) is 0 Å². The minimum absolute atomic E-state index is 0.0694. The van der Waals surface area contributed by atoms with E-state index in [9.17, 15) is 9.59 Å². The van der Waals surface area contributed by atoms with Gasteiger partial charge in [0.25, 0.3) is 0 Å². The molecule has 0 unspecified atom stereocenters. The average Bonchev–Trinajstić information content (AvgIpc) is 2.58. The number of rotatable bonds is 6. The molecule has 0 aliphatic carbocycles. The number of para-hydroxylation sites is 1. The second-order valence-electron chi connectivity index (χ2n) is 5.72. The molecular weight excluding hydrogens is 356 g/mol. The molecule has 2 aromatic carbocycles. The van der Waals surface area contributed by atoms with E-state index in [2.05, 4.69) is 10.6 Å². The molecule has 6 heteroatoms. The zero-order chi connectivity index (χ0) is 18.4. The van der Waals surface area contributed by atoms with E-state index in [1.165, 1.54) is 11.8 Å². The molecule has 0 bridgehead atoms. The van der Waals surface area contributed by atoms with Gasteiger partial charge in [0, 0.05) is 10.6 Å². The molecule has 0 saturated carbocycles. The molecule has 4 nitrogen and oxygen atoms in total. The summed E-state index contributed by atoms with van der Waals surface area (Å²) in [5.74, 6) is -0.456. The van der Waals surface area contributed by atoms with Crippen molar-refractivity contribution in [2.75, 3.05) is 11.9 Å². The van der Waals surface area contributed by atoms with Crippen molar-refractivity contribution in [2.45, 2.75) is 30.9 Å². The number of amides is 2. The first-order valence-electron chi connectivity index (χ1n) is 7.93. The lowest BCUT2D eigenvalue weighted by molar-refractivity contribution is -0.123. The number of carbonyl (C=O) groups excluding carboxylic acids is 2. The van der Waals surface area contributed by atoms with Crippen molar-refractivity contribution in [2.24, 2.45) is 0 Å². The Balaban J connectivity index is 1.87. The van der Waals surface area contributed by atoms with E-state index in [4.69, 9.17) is 11.6 Å². The number of hydrogen-bond acceptors (Lipinski definition) is 3. The molecular formula is C19H21ClN2O2S. The van der Waals surface area contributed by atoms with Crippen LogP contribution in [0.5, 0.6) is 0 Å². The molecule has 2 rings (SSSR count). The molecule has 1 atom stereocenters. The van der Waals surface area contributed by atoms with Gasteiger partial charge in [-0.1, -0.05) is 41.9 Å². The summed E-state index contributed by atoms with van der Waals surface area (Å²) < 4.78 is 0. The molecule has 25 heavy (non-hydrogen) atoms. The first-order valence-corrected chi connectivity index (χ1v) is 9.19. The Labute approximate surface area is 157 Å². The molecule has 0 aliphatic rings. The third-order valence-corrected chi connectivity index (χ3v) is 5.30. The van der Waals surface area contributed by atoms with Crippen LogP contribution >= 0.6 is 23.4 Å². The summed E-state index contributed by atoms with van der Waals surface area (Å²) in [4.78, 5) is 25.1. The molecule has 132 valence electrons. The Kier molecular flexibility index (Phi) is 6.91. The van der Waals surface area contributed by atoms with Gasteiger partial charge in [-0.3, -0.25) is 9.59 Å². The Morgan fingerprint density at radius 2 is 1.72 bits per heavy atom. The Bertz CT molecular complexity index is 760. The number of nitrogens with one attached hydrogen (secondary N) is 2. The summed E-state index contributed by atoms with van der Waals surface area (Å²) in [6.45, 7) is 5.58. The highest BCUT2D eigenvalue weighted by atomic mass is 35.5. The van der Waals surface area contributed by atoms with Crippen molar-refractivity contribution >= 4 is 40.9 Å². The van der Waals surface area contributed by atoms with Gasteiger partial charge >= 0.3 is 0 Å². The molecule has 0 spiro atoms. The Hall–Kier alpha value is -1.98. The van der Waals surface area contributed by atoms with E-state index in [0.717, 1.165) is 21.7 Å². The van der Waals surface area contributed by atoms with Crippen LogP contribution in [0.2, 0.25) is 5.02 Å². The van der Waals surface area contributed by atoms with Crippen LogP contribution in [-0.4, -0.2) is 23.6 Å². The first kappa shape index (κ1) is 19.3. The maximum Gasteiger partial charge on any atom is 0.243 e. The van der Waals surface area contributed by atoms with E-state index in [-0.39, 0.29) is 23.6 Å². The van der Waals surface area contributed by atoms with Crippen molar-refractivity contribution in [3.8, 4) is 0 Å². The fraction of sp³-hybridized carbons (Fsp3) is 0.263. The minimum atomic E-state index is -0.354. The van der Waals surface area contributed by atoms with Gasteiger partial charge in [-0.15, -0.1) is 11.8 Å². The maximum absolute atomic E-state index is 12.2. The topological polar surface area (TPSA) is 58.2 Å². The normalized spacial score (nSPS) is 11.7. The number of thioether (sulfide) groups is 1. The van der Waals surface area contributed by atoms with Crippen LogP contribution < -0.4 is 10.6 Å². The predicted molar refractivity (Wildman–Crippen MR) is 104 cm³/mol. The van der Waals surface area contributed by atoms with Gasteiger partial charge in [0.2, 0.25) is 11.8 Å². The third kappa shape index (κ3) is 5.51. The third-order valence-electron chi connectivity index (χ3n) is 3.68. The SMILES string of the molecule is Cc1cccc(C)c1NC(=O)CNC(=O)[C@H](C)Sc1ccccc1Cl. The highest BCUT2D eigenvalue weighted by Gasteiger charge is 2.17. The summed E-state index contributed by atoms with van der Waals surface area (Å²) in [7, 11) is 0. The lowest BCUT2D eigenvalue weighted by Crippen LogP contribution is -2.37. The van der Waals surface area contributed by atoms with Crippen molar-refractivity contribution in [3.05, 3.63) is 58.6 Å². The number of halogens is 1. The molecule has 0 fully saturated rings. The quantitative estimate of drug-likeness (QED) is 0.743. The number of anilines is 1. The minimum Gasteiger partial charge on any atom is -0.346 e. The number of aryl methyl sites for hydroxylation is 2. The monoisotopic (exact) mass is 376 g/mol. The van der Waals surface area contributed by atoms with Gasteiger partial charge in [-0.2, -0.15) is 0 Å². The van der Waals surface area contributed by atoms with E-state index >= 15 is 0 Å². The van der Waals surface area contributed by atoms with E-state index in [1.54, 1.807) is 13.0 Å². The summed E-state index contributed by atoms with van der Waals surface area (Å²) in [6, 6.07) is 13.2. The van der Waals surface area contributed by atoms with Gasteiger partial charge < -0.3 is 10.6 Å². The summed E-state index contributed by atoms with van der Waals surface area (Å²) >= 11 is 7.47. The van der Waals surface area contributed by atoms with E-state index in [0.29, 0.717) is 5.02 Å². The number of carbonyl (C=O) groups is 2. The van der Waals surface area contributed by atoms with Crippen molar-refractivity contribution in [3.63, 3.8) is 0 Å². The van der Waals surface area contributed by atoms with Gasteiger partial charge in [0.15, 0.2) is 0 Å². The van der Waals surface area contributed by atoms with Crippen LogP contribution in [0.4, 0.5) is 5.69 Å². The van der Waals surface area contributed by atoms with Gasteiger partial charge in [0.05, 0.1) is 16.8 Å². The first-order chi connectivity index (χ1) is 11.9. The van der Waals surface area contributed by atoms with Gasteiger partial charge in [0.1, 0.15) is 0 Å². The largest absolute Gasteiger partial charge is 0.346 e. The fourth-order valence-corrected chi connectivity index (χ4v) is 3.47. The van der Waals surface area contributed by atoms with Gasteiger partial charge in [-0.25, -0.2) is 0 Å². The molecule has 0 heterocycles. The smallest absolute Gasteiger partial charge is 0.243 e. The fourth-order valence-electron chi connectivity index (χ4n) is 2.29. The molecule has 0 aromatic heterocycles. The Morgan fingerprint density at radius 1 is 1.08 bits per heavy atom. The van der Waals surface area contributed by atoms with Crippen LogP contribution in [0.15, 0.2) is 47.4 Å². The van der Waals surface area contributed by atoms with Crippen molar-refractivity contribution < 1.29 is 9.59 Å². The lowest BCUT2D eigenvalue weighted by Gasteiger charge is -2.14. The van der Waals surface area contributed by atoms with E-state index < -0.39 is 0 Å². The highest BCUT2D eigenvalue weighted by molar-refractivity contribution is 8.00. The summed E-state index contributed by atoms with van der Waals surface area (Å²) in [5.41, 5.74) is 2.77. The second-order valence-corrected chi connectivity index (χ2v) is 7.51. The van der Waals surface area contributed by atoms with Crippen molar-refractivity contribution in [1.29, 1.82) is 0 Å². The van der Waals surface area contributed by atoms with Crippen LogP contribution in [0.1, 0.15) is 18.1 Å². The molecule has 0 saturated heterocycles. The van der Waals surface area contributed by atoms with Crippen LogP contribution in [0, 0.1) is 13.8 Å².